The molecule has 0 spiro atoms. The fraction of sp³-hybridized carbons (Fsp3) is 0.778. The van der Waals surface area contributed by atoms with Gasteiger partial charge in [-0.2, -0.15) is 0 Å². The third kappa shape index (κ3) is 4.18. The SMILES string of the molecule is CN(C(=O)CS(=O)(=O)CCC(=O)O)C1CC1. The van der Waals surface area contributed by atoms with Crippen LogP contribution in [0.15, 0.2) is 0 Å². The molecule has 1 aliphatic carbocycles. The normalized spacial score (nSPS) is 15.8. The van der Waals surface area contributed by atoms with Crippen LogP contribution in [0.5, 0.6) is 0 Å². The Morgan fingerprint density at radius 1 is 1.38 bits per heavy atom. The van der Waals surface area contributed by atoms with Gasteiger partial charge in [0.05, 0.1) is 12.2 Å². The zero-order valence-corrected chi connectivity index (χ0v) is 9.87. The molecule has 16 heavy (non-hydrogen) atoms. The summed E-state index contributed by atoms with van der Waals surface area (Å²) in [6.07, 6.45) is 1.37. The first-order chi connectivity index (χ1) is 7.32. The highest BCUT2D eigenvalue weighted by atomic mass is 32.2. The molecular weight excluding hydrogens is 234 g/mol. The Morgan fingerprint density at radius 2 is 1.94 bits per heavy atom. The molecule has 1 N–H and O–H groups in total. The van der Waals surface area contributed by atoms with Crippen LogP contribution in [0, 0.1) is 0 Å². The number of carbonyl (C=O) groups is 2. The fourth-order valence-corrected chi connectivity index (χ4v) is 2.48. The van der Waals surface area contributed by atoms with E-state index in [1.807, 2.05) is 0 Å². The van der Waals surface area contributed by atoms with Crippen LogP contribution in [0.2, 0.25) is 0 Å². The van der Waals surface area contributed by atoms with Gasteiger partial charge in [-0.1, -0.05) is 0 Å². The van der Waals surface area contributed by atoms with Crippen molar-refractivity contribution < 1.29 is 23.1 Å². The van der Waals surface area contributed by atoms with E-state index in [0.29, 0.717) is 0 Å². The number of hydrogen-bond acceptors (Lipinski definition) is 4. The van der Waals surface area contributed by atoms with Crippen molar-refractivity contribution in [2.24, 2.45) is 0 Å². The highest BCUT2D eigenvalue weighted by Crippen LogP contribution is 2.25. The van der Waals surface area contributed by atoms with Gasteiger partial charge in [0.25, 0.3) is 0 Å². The molecule has 0 aromatic carbocycles. The first kappa shape index (κ1) is 13.0. The number of rotatable bonds is 6. The first-order valence-corrected chi connectivity index (χ1v) is 6.82. The summed E-state index contributed by atoms with van der Waals surface area (Å²) in [7, 11) is -2.02. The molecule has 0 saturated heterocycles. The Balaban J connectivity index is 2.44. The molecule has 1 rings (SSSR count). The van der Waals surface area contributed by atoms with Crippen LogP contribution in [0.3, 0.4) is 0 Å². The maximum Gasteiger partial charge on any atom is 0.304 e. The lowest BCUT2D eigenvalue weighted by molar-refractivity contribution is -0.136. The molecule has 0 aliphatic heterocycles. The Kier molecular flexibility index (Phi) is 3.90. The van der Waals surface area contributed by atoms with Crippen molar-refractivity contribution in [2.45, 2.75) is 25.3 Å². The smallest absolute Gasteiger partial charge is 0.304 e. The second-order valence-corrected chi connectivity index (χ2v) is 6.16. The maximum atomic E-state index is 11.5. The summed E-state index contributed by atoms with van der Waals surface area (Å²) < 4.78 is 22.8. The second kappa shape index (κ2) is 4.82. The van der Waals surface area contributed by atoms with E-state index in [-0.39, 0.29) is 6.04 Å². The van der Waals surface area contributed by atoms with E-state index in [4.69, 9.17) is 5.11 Å². The number of hydrogen-bond donors (Lipinski definition) is 1. The average Bonchev–Trinajstić information content (AvgIpc) is 2.96. The summed E-state index contributed by atoms with van der Waals surface area (Å²) in [6, 6.07) is 0.169. The number of carbonyl (C=O) groups excluding carboxylic acids is 1. The quantitative estimate of drug-likeness (QED) is 0.685. The third-order valence-corrected chi connectivity index (χ3v) is 3.97. The Bertz CT molecular complexity index is 385. The molecule has 7 heteroatoms. The van der Waals surface area contributed by atoms with E-state index in [0.717, 1.165) is 12.8 Å². The molecule has 0 aromatic heterocycles. The molecule has 0 radical (unpaired) electrons. The molecule has 0 bridgehead atoms. The molecule has 0 heterocycles. The molecule has 0 aromatic rings. The Morgan fingerprint density at radius 3 is 2.38 bits per heavy atom. The summed E-state index contributed by atoms with van der Waals surface area (Å²) in [5.41, 5.74) is 0. The van der Waals surface area contributed by atoms with Crippen LogP contribution in [0.4, 0.5) is 0 Å². The number of amides is 1. The zero-order chi connectivity index (χ0) is 12.3. The van der Waals surface area contributed by atoms with Crippen molar-refractivity contribution in [1.29, 1.82) is 0 Å². The molecule has 1 amide bonds. The molecule has 0 unspecified atom stereocenters. The summed E-state index contributed by atoms with van der Waals surface area (Å²) in [6.45, 7) is 0. The van der Waals surface area contributed by atoms with Gasteiger partial charge in [-0.05, 0) is 12.8 Å². The maximum absolute atomic E-state index is 11.5. The molecule has 1 saturated carbocycles. The number of sulfone groups is 1. The van der Waals surface area contributed by atoms with Gasteiger partial charge in [0.1, 0.15) is 5.75 Å². The lowest BCUT2D eigenvalue weighted by Crippen LogP contribution is -2.35. The predicted octanol–water partition coefficient (Wildman–Crippen LogP) is -0.503. The van der Waals surface area contributed by atoms with Gasteiger partial charge in [0.15, 0.2) is 9.84 Å². The van der Waals surface area contributed by atoms with Crippen molar-refractivity contribution >= 4 is 21.7 Å². The highest BCUT2D eigenvalue weighted by Gasteiger charge is 2.31. The average molecular weight is 249 g/mol. The van der Waals surface area contributed by atoms with E-state index in [1.165, 1.54) is 4.90 Å². The van der Waals surface area contributed by atoms with Gasteiger partial charge >= 0.3 is 5.97 Å². The van der Waals surface area contributed by atoms with E-state index in [2.05, 4.69) is 0 Å². The molecule has 1 fully saturated rings. The first-order valence-electron chi connectivity index (χ1n) is 5.00. The minimum Gasteiger partial charge on any atom is -0.481 e. The van der Waals surface area contributed by atoms with Crippen LogP contribution in [0.1, 0.15) is 19.3 Å². The number of nitrogens with zero attached hydrogens (tertiary/aromatic N) is 1. The van der Waals surface area contributed by atoms with Crippen LogP contribution >= 0.6 is 0 Å². The summed E-state index contributed by atoms with van der Waals surface area (Å²) in [5, 5.41) is 8.36. The highest BCUT2D eigenvalue weighted by molar-refractivity contribution is 7.92. The Hall–Kier alpha value is -1.11. The minimum atomic E-state index is -3.60. The van der Waals surface area contributed by atoms with Gasteiger partial charge in [-0.25, -0.2) is 8.42 Å². The standard InChI is InChI=1S/C9H15NO5S/c1-10(7-2-3-7)8(11)6-16(14,15)5-4-9(12)13/h7H,2-6H2,1H3,(H,12,13). The summed E-state index contributed by atoms with van der Waals surface area (Å²) >= 11 is 0. The molecule has 0 atom stereocenters. The van der Waals surface area contributed by atoms with Crippen molar-refractivity contribution in [3.63, 3.8) is 0 Å². The second-order valence-electron chi connectivity index (χ2n) is 3.97. The van der Waals surface area contributed by atoms with Crippen molar-refractivity contribution in [2.75, 3.05) is 18.6 Å². The van der Waals surface area contributed by atoms with E-state index < -0.39 is 39.6 Å². The van der Waals surface area contributed by atoms with Crippen LogP contribution < -0.4 is 0 Å². The van der Waals surface area contributed by atoms with Crippen LogP contribution in [-0.2, 0) is 19.4 Å². The molecule has 1 aliphatic rings. The topological polar surface area (TPSA) is 91.8 Å². The van der Waals surface area contributed by atoms with Crippen molar-refractivity contribution in [3.8, 4) is 0 Å². The minimum absolute atomic E-state index is 0.169. The number of carboxylic acids is 1. The van der Waals surface area contributed by atoms with Gasteiger partial charge in [0.2, 0.25) is 5.91 Å². The number of carboxylic acid groups (broad SMARTS) is 1. The molecular formula is C9H15NO5S. The summed E-state index contributed by atoms with van der Waals surface area (Å²) in [4.78, 5) is 23.1. The lowest BCUT2D eigenvalue weighted by Gasteiger charge is -2.15. The zero-order valence-electron chi connectivity index (χ0n) is 9.05. The van der Waals surface area contributed by atoms with Gasteiger partial charge in [-0.3, -0.25) is 9.59 Å². The van der Waals surface area contributed by atoms with E-state index in [1.54, 1.807) is 7.05 Å². The van der Waals surface area contributed by atoms with Crippen molar-refractivity contribution in [1.82, 2.24) is 4.90 Å². The van der Waals surface area contributed by atoms with Crippen LogP contribution in [-0.4, -0.2) is 54.9 Å². The molecule has 6 nitrogen and oxygen atoms in total. The summed E-state index contributed by atoms with van der Waals surface area (Å²) in [5.74, 6) is -2.70. The van der Waals surface area contributed by atoms with Crippen LogP contribution in [0.25, 0.3) is 0 Å². The lowest BCUT2D eigenvalue weighted by atomic mass is 10.5. The van der Waals surface area contributed by atoms with E-state index in [9.17, 15) is 18.0 Å². The predicted molar refractivity (Wildman–Crippen MR) is 56.7 cm³/mol. The van der Waals surface area contributed by atoms with Gasteiger partial charge in [-0.15, -0.1) is 0 Å². The fourth-order valence-electron chi connectivity index (χ4n) is 1.27. The third-order valence-electron chi connectivity index (χ3n) is 2.46. The Labute approximate surface area is 94.2 Å². The largest absolute Gasteiger partial charge is 0.481 e. The van der Waals surface area contributed by atoms with Gasteiger partial charge < -0.3 is 10.0 Å². The number of aliphatic carboxylic acids is 1. The van der Waals surface area contributed by atoms with Gasteiger partial charge in [0, 0.05) is 13.1 Å². The van der Waals surface area contributed by atoms with Crippen molar-refractivity contribution in [3.05, 3.63) is 0 Å². The molecule has 92 valence electrons. The van der Waals surface area contributed by atoms with E-state index >= 15 is 0 Å². The monoisotopic (exact) mass is 249 g/mol.